The lowest BCUT2D eigenvalue weighted by Gasteiger charge is -2.43. The fraction of sp³-hybridized carbons (Fsp3) is 0.441. The van der Waals surface area contributed by atoms with E-state index in [0.717, 1.165) is 24.2 Å². The highest BCUT2D eigenvalue weighted by Gasteiger charge is 2.36. The fourth-order valence-electron chi connectivity index (χ4n) is 6.17. The minimum absolute atomic E-state index is 0.265. The summed E-state index contributed by atoms with van der Waals surface area (Å²) in [6, 6.07) is 14.2. The Bertz CT molecular complexity index is 1420. The highest BCUT2D eigenvalue weighted by atomic mass is 16.4. The predicted molar refractivity (Wildman–Crippen MR) is 175 cm³/mol. The van der Waals surface area contributed by atoms with Gasteiger partial charge < -0.3 is 20.6 Å². The molecule has 0 bridgehead atoms. The van der Waals surface area contributed by atoms with E-state index >= 15 is 0 Å². The summed E-state index contributed by atoms with van der Waals surface area (Å²) >= 11 is 0. The Morgan fingerprint density at radius 3 is 1.75 bits per heavy atom. The zero-order valence-electron chi connectivity index (χ0n) is 26.9. The second-order valence-corrected chi connectivity index (χ2v) is 11.9. The van der Waals surface area contributed by atoms with Crippen LogP contribution in [0.2, 0.25) is 0 Å². The highest BCUT2D eigenvalue weighted by Crippen LogP contribution is 2.28. The molecule has 1 aliphatic rings. The summed E-state index contributed by atoms with van der Waals surface area (Å²) in [6.07, 6.45) is 8.23. The average Bonchev–Trinajstić information content (AvgIpc) is 3.07. The summed E-state index contributed by atoms with van der Waals surface area (Å²) in [5.74, 6) is -3.56. The van der Waals surface area contributed by atoms with Crippen molar-refractivity contribution >= 4 is 23.8 Å². The van der Waals surface area contributed by atoms with E-state index in [1.165, 1.54) is 11.1 Å². The third-order valence-electron chi connectivity index (χ3n) is 8.33. The first-order valence-electron chi connectivity index (χ1n) is 16.1. The number of carbonyl (C=O) groups is 4. The Balaban J connectivity index is 1.34. The van der Waals surface area contributed by atoms with Crippen molar-refractivity contribution in [3.05, 3.63) is 89.8 Å². The summed E-state index contributed by atoms with van der Waals surface area (Å²) in [6.45, 7) is 1.34. The monoisotopic (exact) mass is 661 g/mol. The van der Waals surface area contributed by atoms with E-state index in [9.17, 15) is 34.5 Å². The zero-order valence-corrected chi connectivity index (χ0v) is 26.9. The van der Waals surface area contributed by atoms with E-state index in [4.69, 9.17) is 0 Å². The van der Waals surface area contributed by atoms with Crippen LogP contribution in [-0.4, -0.2) is 120 Å². The van der Waals surface area contributed by atoms with Crippen molar-refractivity contribution in [3.63, 3.8) is 0 Å². The number of nitrogens with zero attached hydrogens (tertiary/aromatic N) is 6. The normalized spacial score (nSPS) is 16.2. The number of hydrogen-bond donors (Lipinski definition) is 4. The first-order valence-corrected chi connectivity index (χ1v) is 16.1. The summed E-state index contributed by atoms with van der Waals surface area (Å²) in [7, 11) is 0. The molecule has 0 aromatic carbocycles. The summed E-state index contributed by atoms with van der Waals surface area (Å²) in [5.41, 5.74) is 2.89. The molecule has 1 amide bonds. The van der Waals surface area contributed by atoms with Gasteiger partial charge in [0.05, 0.1) is 36.6 Å². The number of hydrogen-bond acceptors (Lipinski definition) is 10. The molecule has 4 N–H and O–H groups in total. The number of carbonyl (C=O) groups excluding carboxylic acids is 1. The van der Waals surface area contributed by atoms with Crippen LogP contribution < -0.4 is 5.32 Å². The van der Waals surface area contributed by atoms with Gasteiger partial charge >= 0.3 is 17.9 Å². The van der Waals surface area contributed by atoms with Crippen LogP contribution in [0.4, 0.5) is 0 Å². The Kier molecular flexibility index (Phi) is 13.9. The van der Waals surface area contributed by atoms with E-state index in [0.29, 0.717) is 63.2 Å². The van der Waals surface area contributed by atoms with Crippen molar-refractivity contribution in [2.24, 2.45) is 0 Å². The number of amides is 1. The number of carboxylic acids is 3. The number of aromatic nitrogens is 3. The minimum Gasteiger partial charge on any atom is -0.480 e. The number of carboxylic acid groups (broad SMARTS) is 3. The molecule has 1 saturated carbocycles. The molecule has 48 heavy (non-hydrogen) atoms. The smallest absolute Gasteiger partial charge is 0.317 e. The van der Waals surface area contributed by atoms with Crippen LogP contribution >= 0.6 is 0 Å². The van der Waals surface area contributed by atoms with Gasteiger partial charge in [0, 0.05) is 75.5 Å². The van der Waals surface area contributed by atoms with Crippen molar-refractivity contribution in [1.82, 2.24) is 35.0 Å². The van der Waals surface area contributed by atoms with E-state index in [2.05, 4.69) is 25.2 Å². The summed E-state index contributed by atoms with van der Waals surface area (Å²) in [5, 5.41) is 31.4. The number of rotatable bonds is 19. The van der Waals surface area contributed by atoms with Crippen molar-refractivity contribution in [2.45, 2.75) is 57.3 Å². The molecule has 3 aromatic rings. The quantitative estimate of drug-likeness (QED) is 0.146. The summed E-state index contributed by atoms with van der Waals surface area (Å²) < 4.78 is 0. The molecule has 0 radical (unpaired) electrons. The van der Waals surface area contributed by atoms with Crippen LogP contribution in [0.25, 0.3) is 0 Å². The molecule has 2 unspecified atom stereocenters. The topological polar surface area (TPSA) is 189 Å². The molecule has 4 rings (SSSR count). The van der Waals surface area contributed by atoms with Crippen LogP contribution in [0.1, 0.15) is 53.1 Å². The van der Waals surface area contributed by atoms with Crippen molar-refractivity contribution in [3.8, 4) is 0 Å². The molecule has 3 aromatic heterocycles. The lowest BCUT2D eigenvalue weighted by molar-refractivity contribution is -0.146. The SMILES string of the molecule is O=C(O)CN(CCc1ccc(C(=O)NCCN(Cc2ccccn2)Cc2ccccn2)cn1)C1CCCCC1N(CC(=O)O)CC(=O)O. The van der Waals surface area contributed by atoms with Crippen LogP contribution in [-0.2, 0) is 33.9 Å². The zero-order chi connectivity index (χ0) is 34.3. The van der Waals surface area contributed by atoms with Gasteiger partial charge in [0.25, 0.3) is 5.91 Å². The maximum Gasteiger partial charge on any atom is 0.317 e. The number of aliphatic carboxylic acids is 3. The second kappa shape index (κ2) is 18.5. The summed E-state index contributed by atoms with van der Waals surface area (Å²) in [4.78, 5) is 66.5. The molecule has 3 heterocycles. The van der Waals surface area contributed by atoms with Crippen molar-refractivity contribution in [2.75, 3.05) is 39.3 Å². The van der Waals surface area contributed by atoms with Gasteiger partial charge in [-0.1, -0.05) is 25.0 Å². The molecule has 2 atom stereocenters. The number of pyridine rings is 3. The molecule has 1 fully saturated rings. The van der Waals surface area contributed by atoms with Gasteiger partial charge in [0.15, 0.2) is 0 Å². The van der Waals surface area contributed by atoms with E-state index in [1.807, 2.05) is 36.4 Å². The molecular weight excluding hydrogens is 618 g/mol. The van der Waals surface area contributed by atoms with E-state index in [1.54, 1.807) is 29.4 Å². The molecule has 14 heteroatoms. The van der Waals surface area contributed by atoms with Gasteiger partial charge in [-0.2, -0.15) is 0 Å². The Labute approximate surface area is 279 Å². The largest absolute Gasteiger partial charge is 0.480 e. The van der Waals surface area contributed by atoms with Gasteiger partial charge in [-0.15, -0.1) is 0 Å². The van der Waals surface area contributed by atoms with Crippen molar-refractivity contribution in [1.29, 1.82) is 0 Å². The molecule has 14 nitrogen and oxygen atoms in total. The van der Waals surface area contributed by atoms with E-state index < -0.39 is 37.0 Å². The predicted octanol–water partition coefficient (Wildman–Crippen LogP) is 2.02. The fourth-order valence-corrected chi connectivity index (χ4v) is 6.17. The minimum atomic E-state index is -1.13. The van der Waals surface area contributed by atoms with Gasteiger partial charge in [-0.25, -0.2) is 0 Å². The maximum absolute atomic E-state index is 12.9. The lowest BCUT2D eigenvalue weighted by atomic mass is 9.87. The Hall–Kier alpha value is -4.79. The third kappa shape index (κ3) is 11.8. The molecule has 0 spiro atoms. The van der Waals surface area contributed by atoms with Crippen LogP contribution in [0, 0.1) is 0 Å². The molecule has 0 aliphatic heterocycles. The molecule has 1 aliphatic carbocycles. The van der Waals surface area contributed by atoms with Gasteiger partial charge in [-0.3, -0.25) is 48.8 Å². The van der Waals surface area contributed by atoms with Gasteiger partial charge in [0.2, 0.25) is 0 Å². The average molecular weight is 662 g/mol. The first kappa shape index (κ1) is 36.1. The second-order valence-electron chi connectivity index (χ2n) is 11.9. The van der Waals surface area contributed by atoms with Crippen LogP contribution in [0.15, 0.2) is 67.1 Å². The van der Waals surface area contributed by atoms with Crippen molar-refractivity contribution < 1.29 is 34.5 Å². The molecule has 256 valence electrons. The molecular formula is C34H43N7O7. The van der Waals surface area contributed by atoms with Crippen LogP contribution in [0.5, 0.6) is 0 Å². The Morgan fingerprint density at radius 2 is 1.25 bits per heavy atom. The Morgan fingerprint density at radius 1 is 0.688 bits per heavy atom. The molecule has 0 saturated heterocycles. The van der Waals surface area contributed by atoms with Gasteiger partial charge in [-0.05, 0) is 49.2 Å². The van der Waals surface area contributed by atoms with E-state index in [-0.39, 0.29) is 18.5 Å². The third-order valence-corrected chi connectivity index (χ3v) is 8.33. The highest BCUT2D eigenvalue weighted by molar-refractivity contribution is 5.93. The standard InChI is InChI=1S/C34H43N7O7/c42-31(43)22-40(29-9-1-2-10-30(29)41(23-32(44)45)24-33(46)47)17-13-26-12-11-25(19-38-26)34(48)37-16-18-39(20-27-7-3-5-14-35-27)21-28-8-4-6-15-36-28/h3-8,11-12,14-15,19,29-30H,1-2,9-10,13,16-18,20-24H2,(H,37,48)(H,42,43)(H,44,45)(H,46,47). The maximum atomic E-state index is 12.9. The lowest BCUT2D eigenvalue weighted by Crippen LogP contribution is -2.56. The number of nitrogens with one attached hydrogen (secondary N) is 1. The first-order chi connectivity index (χ1) is 23.2. The van der Waals surface area contributed by atoms with Crippen LogP contribution in [0.3, 0.4) is 0 Å². The van der Waals surface area contributed by atoms with Gasteiger partial charge in [0.1, 0.15) is 0 Å².